The SMILES string of the molecule is Brc1ccccc1/C=C\c1ccc(/C=C\c2ccccc2Br)cc1. The highest BCUT2D eigenvalue weighted by molar-refractivity contribution is 9.10. The highest BCUT2D eigenvalue weighted by Gasteiger charge is 1.95. The van der Waals surface area contributed by atoms with E-state index >= 15 is 0 Å². The third-order valence-electron chi connectivity index (χ3n) is 3.66. The van der Waals surface area contributed by atoms with Gasteiger partial charge >= 0.3 is 0 Å². The summed E-state index contributed by atoms with van der Waals surface area (Å²) in [7, 11) is 0. The number of hydrogen-bond acceptors (Lipinski definition) is 0. The van der Waals surface area contributed by atoms with Crippen molar-refractivity contribution in [3.8, 4) is 0 Å². The van der Waals surface area contributed by atoms with Crippen LogP contribution in [-0.4, -0.2) is 0 Å². The maximum Gasteiger partial charge on any atom is 0.0247 e. The van der Waals surface area contributed by atoms with E-state index < -0.39 is 0 Å². The maximum atomic E-state index is 3.57. The van der Waals surface area contributed by atoms with E-state index in [-0.39, 0.29) is 0 Å². The minimum atomic E-state index is 1.11. The quantitative estimate of drug-likeness (QED) is 0.368. The van der Waals surface area contributed by atoms with Crippen molar-refractivity contribution < 1.29 is 0 Å². The zero-order chi connectivity index (χ0) is 16.8. The average Bonchev–Trinajstić information content (AvgIpc) is 2.61. The van der Waals surface area contributed by atoms with Crippen LogP contribution in [0.1, 0.15) is 22.3 Å². The van der Waals surface area contributed by atoms with E-state index in [0.717, 1.165) is 8.95 Å². The summed E-state index contributed by atoms with van der Waals surface area (Å²) < 4.78 is 2.21. The Morgan fingerprint density at radius 1 is 0.458 bits per heavy atom. The molecule has 0 bridgehead atoms. The summed E-state index contributed by atoms with van der Waals surface area (Å²) in [6.07, 6.45) is 8.49. The summed E-state index contributed by atoms with van der Waals surface area (Å²) in [5.74, 6) is 0. The molecule has 0 atom stereocenters. The van der Waals surface area contributed by atoms with Crippen LogP contribution < -0.4 is 0 Å². The molecule has 0 N–H and O–H groups in total. The molecule has 3 rings (SSSR count). The molecule has 0 unspecified atom stereocenters. The Morgan fingerprint density at radius 2 is 0.833 bits per heavy atom. The lowest BCUT2D eigenvalue weighted by atomic mass is 10.1. The van der Waals surface area contributed by atoms with Gasteiger partial charge in [0.1, 0.15) is 0 Å². The summed E-state index contributed by atoms with van der Waals surface area (Å²) in [5.41, 5.74) is 4.72. The molecule has 0 spiro atoms. The summed E-state index contributed by atoms with van der Waals surface area (Å²) in [6, 6.07) is 24.9. The van der Waals surface area contributed by atoms with E-state index in [1.807, 2.05) is 24.3 Å². The van der Waals surface area contributed by atoms with E-state index in [9.17, 15) is 0 Å². The molecule has 0 nitrogen and oxygen atoms in total. The minimum absolute atomic E-state index is 1.11. The Morgan fingerprint density at radius 3 is 1.21 bits per heavy atom. The lowest BCUT2D eigenvalue weighted by Gasteiger charge is -2.00. The fourth-order valence-electron chi connectivity index (χ4n) is 2.31. The number of rotatable bonds is 4. The number of halogens is 2. The Hall–Kier alpha value is -1.90. The van der Waals surface area contributed by atoms with Crippen molar-refractivity contribution in [2.75, 3.05) is 0 Å². The molecule has 0 fully saturated rings. The van der Waals surface area contributed by atoms with Gasteiger partial charge in [-0.3, -0.25) is 0 Å². The van der Waals surface area contributed by atoms with E-state index in [0.29, 0.717) is 0 Å². The summed E-state index contributed by atoms with van der Waals surface area (Å²) >= 11 is 7.13. The van der Waals surface area contributed by atoms with Crippen molar-refractivity contribution >= 4 is 56.2 Å². The van der Waals surface area contributed by atoms with Crippen molar-refractivity contribution in [1.82, 2.24) is 0 Å². The molecule has 0 amide bonds. The first-order valence-corrected chi connectivity index (χ1v) is 9.26. The molecule has 0 aliphatic heterocycles. The highest BCUT2D eigenvalue weighted by atomic mass is 79.9. The van der Waals surface area contributed by atoms with Crippen LogP contribution in [0.2, 0.25) is 0 Å². The Balaban J connectivity index is 1.72. The van der Waals surface area contributed by atoms with E-state index in [2.05, 4.69) is 105 Å². The van der Waals surface area contributed by atoms with Crippen LogP contribution in [0.5, 0.6) is 0 Å². The van der Waals surface area contributed by atoms with Gasteiger partial charge in [0.2, 0.25) is 0 Å². The van der Waals surface area contributed by atoms with Gasteiger partial charge in [-0.05, 0) is 34.4 Å². The van der Waals surface area contributed by atoms with Crippen LogP contribution in [0.15, 0.2) is 81.7 Å². The standard InChI is InChI=1S/C22H16Br2/c23-21-7-3-1-5-19(21)15-13-17-9-11-18(12-10-17)14-16-20-6-2-4-8-22(20)24/h1-16H/b15-13-,16-14-. The van der Waals surface area contributed by atoms with E-state index in [1.54, 1.807) is 0 Å². The van der Waals surface area contributed by atoms with Crippen LogP contribution in [0.3, 0.4) is 0 Å². The van der Waals surface area contributed by atoms with Crippen molar-refractivity contribution in [2.24, 2.45) is 0 Å². The van der Waals surface area contributed by atoms with Crippen molar-refractivity contribution in [3.63, 3.8) is 0 Å². The molecule has 2 heteroatoms. The van der Waals surface area contributed by atoms with Gasteiger partial charge in [0.25, 0.3) is 0 Å². The number of hydrogen-bond donors (Lipinski definition) is 0. The summed E-state index contributed by atoms with van der Waals surface area (Å²) in [6.45, 7) is 0. The maximum absolute atomic E-state index is 3.57. The van der Waals surface area contributed by atoms with Crippen molar-refractivity contribution in [3.05, 3.63) is 104 Å². The second-order valence-electron chi connectivity index (χ2n) is 5.38. The van der Waals surface area contributed by atoms with Gasteiger partial charge in [-0.2, -0.15) is 0 Å². The Kier molecular flexibility index (Phi) is 5.84. The first-order chi connectivity index (χ1) is 11.7. The van der Waals surface area contributed by atoms with Crippen molar-refractivity contribution in [1.29, 1.82) is 0 Å². The molecule has 3 aromatic rings. The molecular weight excluding hydrogens is 424 g/mol. The lowest BCUT2D eigenvalue weighted by Crippen LogP contribution is -1.77. The minimum Gasteiger partial charge on any atom is -0.0616 e. The van der Waals surface area contributed by atoms with E-state index in [1.165, 1.54) is 22.3 Å². The number of benzene rings is 3. The smallest absolute Gasteiger partial charge is 0.0247 e. The molecule has 0 aliphatic rings. The largest absolute Gasteiger partial charge is 0.0616 e. The van der Waals surface area contributed by atoms with E-state index in [4.69, 9.17) is 0 Å². The van der Waals surface area contributed by atoms with Crippen LogP contribution in [0, 0.1) is 0 Å². The molecule has 24 heavy (non-hydrogen) atoms. The van der Waals surface area contributed by atoms with Gasteiger partial charge in [-0.1, -0.05) is 117 Å². The third kappa shape index (κ3) is 4.56. The third-order valence-corrected chi connectivity index (χ3v) is 5.10. The molecule has 0 radical (unpaired) electrons. The molecule has 0 saturated carbocycles. The average molecular weight is 440 g/mol. The van der Waals surface area contributed by atoms with Crippen LogP contribution in [0.4, 0.5) is 0 Å². The van der Waals surface area contributed by atoms with Gasteiger partial charge < -0.3 is 0 Å². The second-order valence-corrected chi connectivity index (χ2v) is 7.09. The van der Waals surface area contributed by atoms with Gasteiger partial charge in [-0.25, -0.2) is 0 Å². The first kappa shape index (κ1) is 16.9. The molecule has 0 aromatic heterocycles. The Labute approximate surface area is 159 Å². The topological polar surface area (TPSA) is 0 Å². The molecule has 118 valence electrons. The second kappa shape index (κ2) is 8.27. The van der Waals surface area contributed by atoms with Gasteiger partial charge in [0.15, 0.2) is 0 Å². The zero-order valence-corrected chi connectivity index (χ0v) is 16.2. The van der Waals surface area contributed by atoms with Crippen LogP contribution in [0.25, 0.3) is 24.3 Å². The summed E-state index contributed by atoms with van der Waals surface area (Å²) in [5, 5.41) is 0. The van der Waals surface area contributed by atoms with Gasteiger partial charge in [0, 0.05) is 8.95 Å². The first-order valence-electron chi connectivity index (χ1n) is 7.68. The fraction of sp³-hybridized carbons (Fsp3) is 0. The predicted octanol–water partition coefficient (Wildman–Crippen LogP) is 7.55. The molecule has 0 saturated heterocycles. The molecule has 0 aliphatic carbocycles. The molecule has 3 aromatic carbocycles. The molecule has 0 heterocycles. The summed E-state index contributed by atoms with van der Waals surface area (Å²) in [4.78, 5) is 0. The zero-order valence-electron chi connectivity index (χ0n) is 13.0. The van der Waals surface area contributed by atoms with Gasteiger partial charge in [0.05, 0.1) is 0 Å². The van der Waals surface area contributed by atoms with Gasteiger partial charge in [-0.15, -0.1) is 0 Å². The monoisotopic (exact) mass is 438 g/mol. The van der Waals surface area contributed by atoms with Crippen LogP contribution in [-0.2, 0) is 0 Å². The molecular formula is C22H16Br2. The lowest BCUT2D eigenvalue weighted by molar-refractivity contribution is 1.59. The predicted molar refractivity (Wildman–Crippen MR) is 113 cm³/mol. The Bertz CT molecular complexity index is 800. The highest BCUT2D eigenvalue weighted by Crippen LogP contribution is 2.20. The van der Waals surface area contributed by atoms with Crippen LogP contribution >= 0.6 is 31.9 Å². The fourth-order valence-corrected chi connectivity index (χ4v) is 3.14. The van der Waals surface area contributed by atoms with Crippen molar-refractivity contribution in [2.45, 2.75) is 0 Å². The normalized spacial score (nSPS) is 11.4.